The Morgan fingerprint density at radius 2 is 1.17 bits per heavy atom. The number of fused-ring (bicyclic) bond motifs is 11. The van der Waals surface area contributed by atoms with Crippen LogP contribution in [0.2, 0.25) is 0 Å². The molecule has 4 aromatic carbocycles. The van der Waals surface area contributed by atoms with Crippen LogP contribution in [0.25, 0.3) is 32.7 Å². The van der Waals surface area contributed by atoms with Gasteiger partial charge >= 0.3 is 0 Å². The predicted molar refractivity (Wildman–Crippen MR) is 95.5 cm³/mol. The molecule has 0 aromatic heterocycles. The summed E-state index contributed by atoms with van der Waals surface area (Å²) in [5, 5.41) is 9.20. The summed E-state index contributed by atoms with van der Waals surface area (Å²) in [6.45, 7) is 0. The molecule has 0 amide bonds. The molecule has 0 unspecified atom stereocenters. The molecule has 23 heavy (non-hydrogen) atoms. The molecule has 1 heteroatoms. The van der Waals surface area contributed by atoms with Crippen molar-refractivity contribution in [2.45, 2.75) is 12.1 Å². The fraction of sp³-hybridized carbons (Fsp3) is 0.0909. The molecule has 0 saturated carbocycles. The van der Waals surface area contributed by atoms with E-state index in [1.165, 1.54) is 43.8 Å². The van der Waals surface area contributed by atoms with Gasteiger partial charge in [0.25, 0.3) is 0 Å². The highest BCUT2D eigenvalue weighted by Gasteiger charge is 2.46. The lowest BCUT2D eigenvalue weighted by atomic mass is 9.80. The number of hydrogen-bond donors (Lipinski definition) is 1. The van der Waals surface area contributed by atoms with Crippen LogP contribution in [0, 0.1) is 0 Å². The Hall–Kier alpha value is -2.64. The zero-order valence-electron chi connectivity index (χ0n) is 12.6. The van der Waals surface area contributed by atoms with Crippen molar-refractivity contribution in [2.24, 2.45) is 0 Å². The van der Waals surface area contributed by atoms with Crippen LogP contribution in [0.5, 0.6) is 0 Å². The van der Waals surface area contributed by atoms with Gasteiger partial charge in [0.05, 0.1) is 12.1 Å². The fourth-order valence-electron chi connectivity index (χ4n) is 4.43. The molecule has 1 fully saturated rings. The van der Waals surface area contributed by atoms with E-state index in [1.807, 2.05) is 0 Å². The van der Waals surface area contributed by atoms with Crippen molar-refractivity contribution in [1.29, 1.82) is 0 Å². The highest BCUT2D eigenvalue weighted by Crippen LogP contribution is 2.57. The fourth-order valence-corrected chi connectivity index (χ4v) is 4.43. The topological polar surface area (TPSA) is 21.9 Å². The van der Waals surface area contributed by atoms with Crippen molar-refractivity contribution >= 4 is 21.5 Å². The molecule has 108 valence electrons. The molecule has 1 aliphatic carbocycles. The van der Waals surface area contributed by atoms with E-state index in [-0.39, 0.29) is 0 Å². The van der Waals surface area contributed by atoms with Crippen LogP contribution in [0.1, 0.15) is 23.2 Å². The van der Waals surface area contributed by atoms with Crippen molar-refractivity contribution in [1.82, 2.24) is 5.32 Å². The molecule has 2 atom stereocenters. The molecular weight excluding hydrogens is 278 g/mol. The summed E-state index contributed by atoms with van der Waals surface area (Å²) < 4.78 is 0. The predicted octanol–water partition coefficient (Wildman–Crippen LogP) is 5.36. The molecule has 0 bridgehead atoms. The molecule has 4 aromatic rings. The number of benzene rings is 4. The van der Waals surface area contributed by atoms with Gasteiger partial charge in [0.1, 0.15) is 0 Å². The minimum absolute atomic E-state index is 0.467. The molecule has 0 spiro atoms. The lowest BCUT2D eigenvalue weighted by Gasteiger charge is -2.22. The second-order valence-electron chi connectivity index (χ2n) is 6.59. The van der Waals surface area contributed by atoms with Gasteiger partial charge in [-0.25, -0.2) is 0 Å². The Bertz CT molecular complexity index is 1110. The third kappa shape index (κ3) is 1.41. The normalized spacial score (nSPS) is 20.9. The van der Waals surface area contributed by atoms with Crippen LogP contribution in [-0.2, 0) is 0 Å². The highest BCUT2D eigenvalue weighted by molar-refractivity contribution is 6.17. The molecule has 1 heterocycles. The van der Waals surface area contributed by atoms with Gasteiger partial charge in [-0.15, -0.1) is 0 Å². The third-order valence-corrected chi connectivity index (χ3v) is 5.43. The first-order valence-electron chi connectivity index (χ1n) is 8.22. The Morgan fingerprint density at radius 1 is 0.565 bits per heavy atom. The van der Waals surface area contributed by atoms with Crippen molar-refractivity contribution in [3.8, 4) is 11.1 Å². The molecule has 1 nitrogen and oxygen atoms in total. The first-order chi connectivity index (χ1) is 11.4. The van der Waals surface area contributed by atoms with E-state index in [2.05, 4.69) is 78.1 Å². The summed E-state index contributed by atoms with van der Waals surface area (Å²) in [5.74, 6) is 0. The van der Waals surface area contributed by atoms with E-state index >= 15 is 0 Å². The number of rotatable bonds is 0. The maximum Gasteiger partial charge on any atom is 0.0536 e. The average molecular weight is 293 g/mol. The van der Waals surface area contributed by atoms with Crippen LogP contribution in [0.15, 0.2) is 72.8 Å². The summed E-state index contributed by atoms with van der Waals surface area (Å²) in [5.41, 5.74) is 5.77. The largest absolute Gasteiger partial charge is 0.300 e. The van der Waals surface area contributed by atoms with Gasteiger partial charge in [-0.3, -0.25) is 5.32 Å². The SMILES string of the molecule is c1ccc2c(c1)-c1c(c3ccccc3c3ccccc13)[C@H]1N[C@@H]21. The van der Waals surface area contributed by atoms with Gasteiger partial charge in [0.15, 0.2) is 0 Å². The molecule has 6 rings (SSSR count). The summed E-state index contributed by atoms with van der Waals surface area (Å²) in [6, 6.07) is 27.5. The third-order valence-electron chi connectivity index (χ3n) is 5.43. The lowest BCUT2D eigenvalue weighted by Crippen LogP contribution is -2.01. The Morgan fingerprint density at radius 3 is 2.00 bits per heavy atom. The van der Waals surface area contributed by atoms with E-state index in [0.717, 1.165) is 0 Å². The van der Waals surface area contributed by atoms with E-state index in [4.69, 9.17) is 0 Å². The maximum atomic E-state index is 3.70. The molecular formula is C22H15N. The molecule has 1 aliphatic heterocycles. The molecule has 1 saturated heterocycles. The standard InChI is InChI=1S/C22H15N/c1-3-9-15-13(7-1)14-8-2-4-10-16(14)20-19(15)17-11-5-6-12-18(17)21-22(20)23-21/h1-12,21-23H/t21-,22+/m0/s1. The molecule has 1 N–H and O–H groups in total. The van der Waals surface area contributed by atoms with Crippen LogP contribution < -0.4 is 5.32 Å². The number of hydrogen-bond acceptors (Lipinski definition) is 1. The molecule has 0 radical (unpaired) electrons. The second-order valence-corrected chi connectivity index (χ2v) is 6.59. The van der Waals surface area contributed by atoms with Gasteiger partial charge in [0.2, 0.25) is 0 Å². The highest BCUT2D eigenvalue weighted by atomic mass is 15.2. The van der Waals surface area contributed by atoms with Gasteiger partial charge in [-0.2, -0.15) is 0 Å². The second kappa shape index (κ2) is 4.01. The van der Waals surface area contributed by atoms with Crippen molar-refractivity contribution < 1.29 is 0 Å². The molecule has 2 aliphatic rings. The van der Waals surface area contributed by atoms with Crippen LogP contribution in [0.4, 0.5) is 0 Å². The summed E-state index contributed by atoms with van der Waals surface area (Å²) in [6.07, 6.45) is 0. The van der Waals surface area contributed by atoms with Crippen molar-refractivity contribution in [3.05, 3.63) is 83.9 Å². The van der Waals surface area contributed by atoms with E-state index < -0.39 is 0 Å². The zero-order chi connectivity index (χ0) is 15.0. The van der Waals surface area contributed by atoms with Gasteiger partial charge in [-0.05, 0) is 43.8 Å². The van der Waals surface area contributed by atoms with Crippen LogP contribution >= 0.6 is 0 Å². The Balaban J connectivity index is 1.92. The van der Waals surface area contributed by atoms with E-state index in [1.54, 1.807) is 0 Å². The Labute approximate surface area is 134 Å². The van der Waals surface area contributed by atoms with E-state index in [0.29, 0.717) is 12.1 Å². The summed E-state index contributed by atoms with van der Waals surface area (Å²) in [7, 11) is 0. The number of nitrogens with one attached hydrogen (secondary N) is 1. The van der Waals surface area contributed by atoms with Crippen LogP contribution in [-0.4, -0.2) is 0 Å². The minimum atomic E-state index is 0.467. The summed E-state index contributed by atoms with van der Waals surface area (Å²) in [4.78, 5) is 0. The van der Waals surface area contributed by atoms with Crippen molar-refractivity contribution in [3.63, 3.8) is 0 Å². The Kier molecular flexibility index (Phi) is 2.07. The monoisotopic (exact) mass is 293 g/mol. The maximum absolute atomic E-state index is 3.70. The first-order valence-corrected chi connectivity index (χ1v) is 8.22. The smallest absolute Gasteiger partial charge is 0.0536 e. The summed E-state index contributed by atoms with van der Waals surface area (Å²) >= 11 is 0. The first kappa shape index (κ1) is 11.9. The van der Waals surface area contributed by atoms with Crippen molar-refractivity contribution in [2.75, 3.05) is 0 Å². The van der Waals surface area contributed by atoms with Crippen LogP contribution in [0.3, 0.4) is 0 Å². The van der Waals surface area contributed by atoms with E-state index in [9.17, 15) is 0 Å². The van der Waals surface area contributed by atoms with Gasteiger partial charge in [-0.1, -0.05) is 72.8 Å². The quantitative estimate of drug-likeness (QED) is 0.342. The minimum Gasteiger partial charge on any atom is -0.300 e. The lowest BCUT2D eigenvalue weighted by molar-refractivity contribution is 1.02. The van der Waals surface area contributed by atoms with Gasteiger partial charge in [0, 0.05) is 0 Å². The van der Waals surface area contributed by atoms with Gasteiger partial charge < -0.3 is 0 Å². The zero-order valence-corrected chi connectivity index (χ0v) is 12.6. The average Bonchev–Trinajstić information content (AvgIpc) is 3.42.